The third kappa shape index (κ3) is 5.71. The van der Waals surface area contributed by atoms with Gasteiger partial charge in [-0.05, 0) is 41.8 Å². The monoisotopic (exact) mass is 373 g/mol. The second-order valence-electron chi connectivity index (χ2n) is 6.59. The van der Waals surface area contributed by atoms with Gasteiger partial charge in [0.25, 0.3) is 0 Å². The molecule has 0 bridgehead atoms. The number of para-hydroxylation sites is 1. The van der Waals surface area contributed by atoms with E-state index in [0.717, 1.165) is 5.56 Å². The Kier molecular flexibility index (Phi) is 6.41. The molecular weight excluding hydrogens is 350 g/mol. The fraction of sp³-hybridized carbons (Fsp3) is 0.130. The second-order valence-corrected chi connectivity index (χ2v) is 6.59. The highest BCUT2D eigenvalue weighted by atomic mass is 16.2. The predicted molar refractivity (Wildman–Crippen MR) is 114 cm³/mol. The molecule has 142 valence electrons. The number of anilines is 3. The lowest BCUT2D eigenvalue weighted by molar-refractivity contribution is -0.116. The first-order valence-electron chi connectivity index (χ1n) is 9.18. The van der Waals surface area contributed by atoms with Gasteiger partial charge >= 0.3 is 6.03 Å². The highest BCUT2D eigenvalue weighted by Crippen LogP contribution is 2.21. The summed E-state index contributed by atoms with van der Waals surface area (Å²) in [6, 6.07) is 25.9. The van der Waals surface area contributed by atoms with Gasteiger partial charge in [-0.3, -0.25) is 4.79 Å². The summed E-state index contributed by atoms with van der Waals surface area (Å²) < 4.78 is 0. The van der Waals surface area contributed by atoms with Crippen molar-refractivity contribution in [2.45, 2.75) is 19.3 Å². The van der Waals surface area contributed by atoms with Crippen molar-refractivity contribution in [1.82, 2.24) is 0 Å². The lowest BCUT2D eigenvalue weighted by Gasteiger charge is -2.13. The van der Waals surface area contributed by atoms with Crippen molar-refractivity contribution >= 4 is 29.0 Å². The van der Waals surface area contributed by atoms with E-state index in [9.17, 15) is 9.59 Å². The van der Waals surface area contributed by atoms with Crippen LogP contribution in [0.3, 0.4) is 0 Å². The molecule has 5 nitrogen and oxygen atoms in total. The molecule has 3 aromatic rings. The Balaban J connectivity index is 1.55. The molecule has 0 spiro atoms. The molecule has 1 unspecified atom stereocenters. The maximum Gasteiger partial charge on any atom is 0.323 e. The van der Waals surface area contributed by atoms with Crippen molar-refractivity contribution in [3.8, 4) is 0 Å². The fourth-order valence-corrected chi connectivity index (χ4v) is 2.88. The number of carbonyl (C=O) groups excluding carboxylic acids is 2. The summed E-state index contributed by atoms with van der Waals surface area (Å²) in [4.78, 5) is 24.5. The van der Waals surface area contributed by atoms with Crippen molar-refractivity contribution in [2.75, 3.05) is 16.0 Å². The molecule has 0 radical (unpaired) electrons. The number of rotatable bonds is 6. The molecule has 1 atom stereocenters. The molecule has 3 rings (SSSR count). The van der Waals surface area contributed by atoms with E-state index >= 15 is 0 Å². The van der Waals surface area contributed by atoms with Gasteiger partial charge < -0.3 is 16.0 Å². The SMILES string of the molecule is CC(CC(=O)Nc1cccc(NC(=O)Nc2ccccc2)c1)c1ccccc1. The van der Waals surface area contributed by atoms with E-state index in [-0.39, 0.29) is 17.9 Å². The number of benzene rings is 3. The van der Waals surface area contributed by atoms with Crippen molar-refractivity contribution < 1.29 is 9.59 Å². The topological polar surface area (TPSA) is 70.2 Å². The summed E-state index contributed by atoms with van der Waals surface area (Å²) >= 11 is 0. The molecule has 0 aliphatic rings. The number of hydrogen-bond acceptors (Lipinski definition) is 2. The predicted octanol–water partition coefficient (Wildman–Crippen LogP) is 5.46. The van der Waals surface area contributed by atoms with Crippen LogP contribution in [-0.4, -0.2) is 11.9 Å². The summed E-state index contributed by atoms with van der Waals surface area (Å²) in [6.07, 6.45) is 0.385. The van der Waals surface area contributed by atoms with Crippen LogP contribution in [0, 0.1) is 0 Å². The normalized spacial score (nSPS) is 11.3. The lowest BCUT2D eigenvalue weighted by atomic mass is 9.97. The van der Waals surface area contributed by atoms with Crippen molar-refractivity contribution in [2.24, 2.45) is 0 Å². The van der Waals surface area contributed by atoms with Crippen molar-refractivity contribution in [1.29, 1.82) is 0 Å². The van der Waals surface area contributed by atoms with Gasteiger partial charge in [0.05, 0.1) is 0 Å². The molecule has 0 saturated heterocycles. The number of urea groups is 1. The first-order valence-corrected chi connectivity index (χ1v) is 9.18. The largest absolute Gasteiger partial charge is 0.326 e. The van der Waals surface area contributed by atoms with Crippen LogP contribution in [0.25, 0.3) is 0 Å². The molecule has 3 N–H and O–H groups in total. The highest BCUT2D eigenvalue weighted by Gasteiger charge is 2.11. The van der Waals surface area contributed by atoms with E-state index in [2.05, 4.69) is 16.0 Å². The first-order chi connectivity index (χ1) is 13.6. The van der Waals surface area contributed by atoms with Crippen LogP contribution < -0.4 is 16.0 Å². The zero-order valence-corrected chi connectivity index (χ0v) is 15.7. The third-order valence-electron chi connectivity index (χ3n) is 4.30. The maximum atomic E-state index is 12.4. The number of carbonyl (C=O) groups is 2. The van der Waals surface area contributed by atoms with Crippen LogP contribution in [0.15, 0.2) is 84.9 Å². The minimum absolute atomic E-state index is 0.0674. The maximum absolute atomic E-state index is 12.4. The third-order valence-corrected chi connectivity index (χ3v) is 4.30. The Morgan fingerprint density at radius 2 is 1.25 bits per heavy atom. The summed E-state index contributed by atoms with van der Waals surface area (Å²) in [7, 11) is 0. The van der Waals surface area contributed by atoms with Gasteiger partial charge in [-0.2, -0.15) is 0 Å². The van der Waals surface area contributed by atoms with Gasteiger partial charge in [-0.25, -0.2) is 4.79 Å². The molecule has 0 heterocycles. The molecule has 0 fully saturated rings. The van der Waals surface area contributed by atoms with Gasteiger partial charge in [0.1, 0.15) is 0 Å². The zero-order valence-electron chi connectivity index (χ0n) is 15.7. The van der Waals surface area contributed by atoms with Crippen LogP contribution >= 0.6 is 0 Å². The molecule has 0 aliphatic heterocycles. The van der Waals surface area contributed by atoms with E-state index < -0.39 is 0 Å². The Bertz CT molecular complexity index is 927. The van der Waals surface area contributed by atoms with E-state index in [0.29, 0.717) is 23.5 Å². The van der Waals surface area contributed by atoms with Crippen molar-refractivity contribution in [3.63, 3.8) is 0 Å². The first kappa shape index (κ1) is 19.2. The summed E-state index contributed by atoms with van der Waals surface area (Å²) in [6.45, 7) is 2.03. The van der Waals surface area contributed by atoms with Crippen LogP contribution in [0.4, 0.5) is 21.9 Å². The minimum atomic E-state index is -0.340. The average Bonchev–Trinajstić information content (AvgIpc) is 2.69. The van der Waals surface area contributed by atoms with E-state index in [1.54, 1.807) is 24.3 Å². The van der Waals surface area contributed by atoms with E-state index in [4.69, 9.17) is 0 Å². The molecule has 0 saturated carbocycles. The number of amides is 3. The standard InChI is InChI=1S/C23H23N3O2/c1-17(18-9-4-2-5-10-18)15-22(27)24-20-13-8-14-21(16-20)26-23(28)25-19-11-6-3-7-12-19/h2-14,16-17H,15H2,1H3,(H,24,27)(H2,25,26,28). The smallest absolute Gasteiger partial charge is 0.323 e. The Hall–Kier alpha value is -3.60. The molecule has 5 heteroatoms. The minimum Gasteiger partial charge on any atom is -0.326 e. The molecule has 0 aromatic heterocycles. The van der Waals surface area contributed by atoms with Gasteiger partial charge in [-0.15, -0.1) is 0 Å². The second kappa shape index (κ2) is 9.37. The summed E-state index contributed by atoms with van der Waals surface area (Å²) in [5, 5.41) is 8.42. The Morgan fingerprint density at radius 3 is 1.93 bits per heavy atom. The summed E-state index contributed by atoms with van der Waals surface area (Å²) in [5.41, 5.74) is 3.08. The van der Waals surface area contributed by atoms with E-state index in [1.165, 1.54) is 0 Å². The quantitative estimate of drug-likeness (QED) is 0.537. The van der Waals surface area contributed by atoms with Gasteiger partial charge in [0, 0.05) is 23.5 Å². The molecule has 28 heavy (non-hydrogen) atoms. The molecule has 3 aromatic carbocycles. The number of nitrogens with one attached hydrogen (secondary N) is 3. The Morgan fingerprint density at radius 1 is 0.714 bits per heavy atom. The summed E-state index contributed by atoms with van der Waals surface area (Å²) in [5.74, 6) is 0.0569. The zero-order chi connectivity index (χ0) is 19.8. The van der Waals surface area contributed by atoms with Crippen LogP contribution in [-0.2, 0) is 4.79 Å². The van der Waals surface area contributed by atoms with Gasteiger partial charge in [0.15, 0.2) is 0 Å². The average molecular weight is 373 g/mol. The lowest BCUT2D eigenvalue weighted by Crippen LogP contribution is -2.19. The fourth-order valence-electron chi connectivity index (χ4n) is 2.88. The molecular formula is C23H23N3O2. The van der Waals surface area contributed by atoms with Crippen LogP contribution in [0.2, 0.25) is 0 Å². The van der Waals surface area contributed by atoms with Gasteiger partial charge in [-0.1, -0.05) is 61.5 Å². The molecule has 3 amide bonds. The van der Waals surface area contributed by atoms with Crippen LogP contribution in [0.1, 0.15) is 24.8 Å². The van der Waals surface area contributed by atoms with Gasteiger partial charge in [0.2, 0.25) is 5.91 Å². The number of hydrogen-bond donors (Lipinski definition) is 3. The van der Waals surface area contributed by atoms with Crippen LogP contribution in [0.5, 0.6) is 0 Å². The van der Waals surface area contributed by atoms with Crippen molar-refractivity contribution in [3.05, 3.63) is 90.5 Å². The Labute approximate surface area is 164 Å². The highest BCUT2D eigenvalue weighted by molar-refractivity contribution is 6.00. The molecule has 0 aliphatic carbocycles. The van der Waals surface area contributed by atoms with E-state index in [1.807, 2.05) is 67.6 Å².